The van der Waals surface area contributed by atoms with Gasteiger partial charge >= 0.3 is 0 Å². The topological polar surface area (TPSA) is 35.2 Å². The maximum Gasteiger partial charge on any atom is 0.123 e. The van der Waals surface area contributed by atoms with Crippen LogP contribution in [0.5, 0.6) is 5.75 Å². The summed E-state index contributed by atoms with van der Waals surface area (Å²) in [4.78, 5) is 0. The zero-order chi connectivity index (χ0) is 9.97. The maximum atomic E-state index is 5.65. The van der Waals surface area contributed by atoms with Gasteiger partial charge in [-0.1, -0.05) is 12.1 Å². The van der Waals surface area contributed by atoms with Crippen LogP contribution in [0.25, 0.3) is 0 Å². The van der Waals surface area contributed by atoms with Crippen molar-refractivity contribution in [2.75, 3.05) is 13.2 Å². The van der Waals surface area contributed by atoms with Crippen molar-refractivity contribution in [3.8, 4) is 5.75 Å². The van der Waals surface area contributed by atoms with Gasteiger partial charge in [-0.25, -0.2) is 0 Å². The van der Waals surface area contributed by atoms with Crippen molar-refractivity contribution in [2.24, 2.45) is 5.73 Å². The van der Waals surface area contributed by atoms with Crippen LogP contribution in [0.4, 0.5) is 0 Å². The van der Waals surface area contributed by atoms with Gasteiger partial charge in [-0.3, -0.25) is 0 Å². The Morgan fingerprint density at radius 3 is 3.14 bits per heavy atom. The van der Waals surface area contributed by atoms with Crippen LogP contribution in [0.1, 0.15) is 29.9 Å². The minimum absolute atomic E-state index is 0.565. The van der Waals surface area contributed by atoms with Crippen molar-refractivity contribution in [3.63, 3.8) is 0 Å². The summed E-state index contributed by atoms with van der Waals surface area (Å²) in [6, 6.07) is 6.27. The fourth-order valence-corrected chi connectivity index (χ4v) is 2.17. The van der Waals surface area contributed by atoms with E-state index in [1.54, 1.807) is 0 Å². The number of fused-ring (bicyclic) bond motifs is 1. The van der Waals surface area contributed by atoms with Gasteiger partial charge in [0.25, 0.3) is 0 Å². The van der Waals surface area contributed by atoms with Crippen molar-refractivity contribution in [1.82, 2.24) is 0 Å². The largest absolute Gasteiger partial charge is 0.493 e. The Labute approximate surface area is 85.1 Å². The normalized spacial score (nSPS) is 19.1. The van der Waals surface area contributed by atoms with E-state index in [0.717, 1.165) is 31.7 Å². The molecule has 0 fully saturated rings. The monoisotopic (exact) mass is 191 g/mol. The van der Waals surface area contributed by atoms with E-state index in [-0.39, 0.29) is 0 Å². The van der Waals surface area contributed by atoms with Crippen molar-refractivity contribution in [1.29, 1.82) is 0 Å². The number of benzene rings is 1. The number of hydrogen-bond acceptors (Lipinski definition) is 2. The van der Waals surface area contributed by atoms with Crippen LogP contribution >= 0.6 is 0 Å². The molecule has 0 spiro atoms. The fourth-order valence-electron chi connectivity index (χ4n) is 2.17. The molecule has 0 bridgehead atoms. The van der Waals surface area contributed by atoms with Crippen molar-refractivity contribution < 1.29 is 4.74 Å². The predicted molar refractivity (Wildman–Crippen MR) is 57.7 cm³/mol. The van der Waals surface area contributed by atoms with Crippen molar-refractivity contribution in [3.05, 3.63) is 29.3 Å². The third kappa shape index (κ3) is 1.62. The molecule has 0 amide bonds. The molecule has 1 unspecified atom stereocenters. The Kier molecular flexibility index (Phi) is 2.73. The smallest absolute Gasteiger partial charge is 0.123 e. The fraction of sp³-hybridized carbons (Fsp3) is 0.500. The minimum Gasteiger partial charge on any atom is -0.493 e. The van der Waals surface area contributed by atoms with E-state index >= 15 is 0 Å². The highest BCUT2D eigenvalue weighted by molar-refractivity contribution is 5.45. The second kappa shape index (κ2) is 4.01. The summed E-state index contributed by atoms with van der Waals surface area (Å²) < 4.78 is 5.65. The molecule has 1 aliphatic heterocycles. The van der Waals surface area contributed by atoms with Gasteiger partial charge in [0, 0.05) is 11.5 Å². The molecule has 2 N–H and O–H groups in total. The summed E-state index contributed by atoms with van der Waals surface area (Å²) in [5, 5.41) is 0. The van der Waals surface area contributed by atoms with Crippen LogP contribution in [0, 0.1) is 6.92 Å². The van der Waals surface area contributed by atoms with Crippen LogP contribution in [0.15, 0.2) is 18.2 Å². The first-order valence-electron chi connectivity index (χ1n) is 5.25. The van der Waals surface area contributed by atoms with Gasteiger partial charge in [0.1, 0.15) is 5.75 Å². The average Bonchev–Trinajstić information content (AvgIpc) is 2.59. The van der Waals surface area contributed by atoms with Gasteiger partial charge in [0.2, 0.25) is 0 Å². The molecule has 2 nitrogen and oxygen atoms in total. The lowest BCUT2D eigenvalue weighted by molar-refractivity contribution is 0.323. The summed E-state index contributed by atoms with van der Waals surface area (Å²) in [5.74, 6) is 1.64. The molecule has 2 rings (SSSR count). The molecule has 2 heteroatoms. The van der Waals surface area contributed by atoms with E-state index in [4.69, 9.17) is 10.5 Å². The van der Waals surface area contributed by atoms with Crippen molar-refractivity contribution >= 4 is 0 Å². The second-order valence-electron chi connectivity index (χ2n) is 3.93. The Balaban J connectivity index is 2.20. The van der Waals surface area contributed by atoms with E-state index in [0.29, 0.717) is 5.92 Å². The lowest BCUT2D eigenvalue weighted by Gasteiger charge is -2.09. The van der Waals surface area contributed by atoms with Gasteiger partial charge in [0.05, 0.1) is 6.61 Å². The molecule has 14 heavy (non-hydrogen) atoms. The van der Waals surface area contributed by atoms with E-state index in [9.17, 15) is 0 Å². The maximum absolute atomic E-state index is 5.65. The molecule has 1 atom stereocenters. The van der Waals surface area contributed by atoms with Crippen molar-refractivity contribution in [2.45, 2.75) is 25.7 Å². The molecular formula is C12H17NO. The first-order chi connectivity index (χ1) is 6.83. The highest BCUT2D eigenvalue weighted by atomic mass is 16.5. The SMILES string of the molecule is Cc1cccc2c1C(CCCN)CO2. The molecule has 0 aromatic heterocycles. The molecule has 1 aromatic rings. The van der Waals surface area contributed by atoms with Crippen LogP contribution < -0.4 is 10.5 Å². The third-order valence-electron chi connectivity index (χ3n) is 2.89. The van der Waals surface area contributed by atoms with Gasteiger partial charge in [-0.15, -0.1) is 0 Å². The van der Waals surface area contributed by atoms with Crippen LogP contribution in [0.3, 0.4) is 0 Å². The zero-order valence-corrected chi connectivity index (χ0v) is 8.62. The van der Waals surface area contributed by atoms with Gasteiger partial charge in [0.15, 0.2) is 0 Å². The second-order valence-corrected chi connectivity index (χ2v) is 3.93. The summed E-state index contributed by atoms with van der Waals surface area (Å²) in [6.45, 7) is 3.76. The van der Waals surface area contributed by atoms with Crippen LogP contribution in [0.2, 0.25) is 0 Å². The number of aryl methyl sites for hydroxylation is 1. The number of ether oxygens (including phenoxy) is 1. The number of nitrogens with two attached hydrogens (primary N) is 1. The van der Waals surface area contributed by atoms with Gasteiger partial charge in [-0.2, -0.15) is 0 Å². The summed E-state index contributed by atoms with van der Waals surface area (Å²) in [7, 11) is 0. The molecule has 1 aromatic carbocycles. The summed E-state index contributed by atoms with van der Waals surface area (Å²) in [6.07, 6.45) is 2.23. The zero-order valence-electron chi connectivity index (χ0n) is 8.62. The first-order valence-corrected chi connectivity index (χ1v) is 5.25. The number of rotatable bonds is 3. The Morgan fingerprint density at radius 2 is 2.36 bits per heavy atom. The molecule has 1 heterocycles. The summed E-state index contributed by atoms with van der Waals surface area (Å²) >= 11 is 0. The highest BCUT2D eigenvalue weighted by Crippen LogP contribution is 2.38. The average molecular weight is 191 g/mol. The van der Waals surface area contributed by atoms with Gasteiger partial charge < -0.3 is 10.5 Å². The first kappa shape index (κ1) is 9.53. The van der Waals surface area contributed by atoms with E-state index < -0.39 is 0 Å². The van der Waals surface area contributed by atoms with E-state index in [1.165, 1.54) is 11.1 Å². The molecular weight excluding hydrogens is 174 g/mol. The Morgan fingerprint density at radius 1 is 1.50 bits per heavy atom. The molecule has 0 radical (unpaired) electrons. The summed E-state index contributed by atoms with van der Waals surface area (Å²) in [5.41, 5.74) is 8.28. The Bertz CT molecular complexity index is 322. The standard InChI is InChI=1S/C12H17NO/c1-9-4-2-6-11-12(9)10(8-14-11)5-3-7-13/h2,4,6,10H,3,5,7-8,13H2,1H3. The molecule has 76 valence electrons. The van der Waals surface area contributed by atoms with Crippen LogP contribution in [-0.4, -0.2) is 13.2 Å². The predicted octanol–water partition coefficient (Wildman–Crippen LogP) is 2.21. The third-order valence-corrected chi connectivity index (χ3v) is 2.89. The van der Waals surface area contributed by atoms with Crippen LogP contribution in [-0.2, 0) is 0 Å². The lowest BCUT2D eigenvalue weighted by atomic mass is 9.93. The lowest BCUT2D eigenvalue weighted by Crippen LogP contribution is -2.06. The van der Waals surface area contributed by atoms with Gasteiger partial charge in [-0.05, 0) is 37.9 Å². The molecule has 0 saturated carbocycles. The van der Waals surface area contributed by atoms with E-state index in [1.807, 2.05) is 0 Å². The molecule has 0 aliphatic carbocycles. The molecule has 0 saturated heterocycles. The van der Waals surface area contributed by atoms with E-state index in [2.05, 4.69) is 25.1 Å². The minimum atomic E-state index is 0.565. The Hall–Kier alpha value is -1.02. The highest BCUT2D eigenvalue weighted by Gasteiger charge is 2.24. The quantitative estimate of drug-likeness (QED) is 0.795. The molecule has 1 aliphatic rings. The number of hydrogen-bond donors (Lipinski definition) is 1.